The molecule has 9 nitrogen and oxygen atoms in total. The van der Waals surface area contributed by atoms with Gasteiger partial charge >= 0.3 is 0 Å². The van der Waals surface area contributed by atoms with Crippen LogP contribution in [-0.2, 0) is 4.79 Å². The number of aliphatic imine (C=N–C) groups is 2. The molecule has 178 valence electrons. The van der Waals surface area contributed by atoms with Crippen molar-refractivity contribution in [2.24, 2.45) is 15.7 Å². The molecule has 0 spiro atoms. The first-order valence-electron chi connectivity index (χ1n) is 11.9. The van der Waals surface area contributed by atoms with Gasteiger partial charge in [0.2, 0.25) is 5.91 Å². The van der Waals surface area contributed by atoms with E-state index in [2.05, 4.69) is 44.2 Å². The van der Waals surface area contributed by atoms with E-state index >= 15 is 0 Å². The maximum Gasteiger partial charge on any atom is 0.234 e. The molecule has 1 amide bonds. The largest absolute Gasteiger partial charge is 0.385 e. The minimum atomic E-state index is -0.976. The number of carbonyl (C=O) groups excluding carboxylic acids is 1. The van der Waals surface area contributed by atoms with Crippen molar-refractivity contribution in [2.45, 2.75) is 63.9 Å². The van der Waals surface area contributed by atoms with Crippen LogP contribution in [0.1, 0.15) is 45.4 Å². The predicted octanol–water partition coefficient (Wildman–Crippen LogP) is 0.579. The summed E-state index contributed by atoms with van der Waals surface area (Å²) < 4.78 is 0. The van der Waals surface area contributed by atoms with Crippen LogP contribution in [0, 0.1) is 0 Å². The van der Waals surface area contributed by atoms with E-state index < -0.39 is 12.3 Å². The lowest BCUT2D eigenvalue weighted by Crippen LogP contribution is -2.66. The van der Waals surface area contributed by atoms with Crippen LogP contribution in [0.25, 0.3) is 0 Å². The molecule has 32 heavy (non-hydrogen) atoms. The quantitative estimate of drug-likeness (QED) is 0.273. The van der Waals surface area contributed by atoms with Crippen molar-refractivity contribution >= 4 is 17.6 Å². The van der Waals surface area contributed by atoms with E-state index in [0.29, 0.717) is 13.1 Å². The number of nitrogens with two attached hydrogens (primary N) is 1. The molecular formula is C23H39N7O2. The maximum absolute atomic E-state index is 12.2. The third kappa shape index (κ3) is 6.96. The number of hydrogen-bond donors (Lipinski definition) is 4. The number of aliphatic hydroxyl groups is 1. The molecule has 0 aromatic rings. The second-order valence-corrected chi connectivity index (χ2v) is 8.87. The second-order valence-electron chi connectivity index (χ2n) is 8.87. The molecule has 3 unspecified atom stereocenters. The molecule has 0 aromatic carbocycles. The van der Waals surface area contributed by atoms with Crippen molar-refractivity contribution in [3.63, 3.8) is 0 Å². The van der Waals surface area contributed by atoms with Gasteiger partial charge < -0.3 is 16.2 Å². The van der Waals surface area contributed by atoms with Crippen LogP contribution in [0.5, 0.6) is 0 Å². The van der Waals surface area contributed by atoms with Crippen molar-refractivity contribution in [3.05, 3.63) is 24.3 Å². The van der Waals surface area contributed by atoms with E-state index in [-0.39, 0.29) is 30.3 Å². The van der Waals surface area contributed by atoms with E-state index in [1.165, 1.54) is 37.9 Å². The lowest BCUT2D eigenvalue weighted by molar-refractivity contribution is -0.126. The Bertz CT molecular complexity index is 743. The number of nitrogens with one attached hydrogen (secondary N) is 2. The highest BCUT2D eigenvalue weighted by Gasteiger charge is 2.39. The molecule has 0 aliphatic carbocycles. The number of piperazine rings is 1. The van der Waals surface area contributed by atoms with Crippen LogP contribution < -0.4 is 16.4 Å². The summed E-state index contributed by atoms with van der Waals surface area (Å²) in [7, 11) is 0. The zero-order valence-electron chi connectivity index (χ0n) is 19.3. The van der Waals surface area contributed by atoms with Gasteiger partial charge in [-0.3, -0.25) is 19.9 Å². The van der Waals surface area contributed by atoms with Gasteiger partial charge in [0.1, 0.15) is 18.0 Å². The lowest BCUT2D eigenvalue weighted by Gasteiger charge is -2.40. The van der Waals surface area contributed by atoms with Crippen molar-refractivity contribution in [1.82, 2.24) is 20.4 Å². The van der Waals surface area contributed by atoms with Gasteiger partial charge in [0.25, 0.3) is 0 Å². The summed E-state index contributed by atoms with van der Waals surface area (Å²) in [5.74, 6) is 0.431. The molecule has 3 aliphatic heterocycles. The molecular weight excluding hydrogens is 406 g/mol. The number of fused-ring (bicyclic) bond motifs is 1. The van der Waals surface area contributed by atoms with E-state index in [9.17, 15) is 9.90 Å². The van der Waals surface area contributed by atoms with Crippen LogP contribution in [0.15, 0.2) is 34.3 Å². The first-order valence-corrected chi connectivity index (χ1v) is 11.9. The number of aliphatic hydroxyl groups excluding tert-OH is 1. The SMILES string of the molecule is C=C(CC/C=C/CN1CC(=O)NC2C(N)=NC(C(O)NCCC)=NC21)CN1CCCCC1. The van der Waals surface area contributed by atoms with E-state index in [1.807, 2.05) is 11.8 Å². The highest BCUT2D eigenvalue weighted by Crippen LogP contribution is 2.18. The molecule has 9 heteroatoms. The highest BCUT2D eigenvalue weighted by molar-refractivity contribution is 6.04. The molecule has 3 heterocycles. The number of amides is 1. The predicted molar refractivity (Wildman–Crippen MR) is 128 cm³/mol. The number of allylic oxidation sites excluding steroid dienone is 1. The van der Waals surface area contributed by atoms with Gasteiger partial charge in [-0.1, -0.05) is 37.6 Å². The molecule has 0 bridgehead atoms. The Kier molecular flexibility index (Phi) is 9.40. The Morgan fingerprint density at radius 1 is 1.38 bits per heavy atom. The van der Waals surface area contributed by atoms with Crippen molar-refractivity contribution in [3.8, 4) is 0 Å². The molecule has 2 fully saturated rings. The number of piperidine rings is 1. The summed E-state index contributed by atoms with van der Waals surface area (Å²) in [5, 5.41) is 16.2. The fourth-order valence-corrected chi connectivity index (χ4v) is 4.34. The monoisotopic (exact) mass is 445 g/mol. The molecule has 0 radical (unpaired) electrons. The zero-order chi connectivity index (χ0) is 22.9. The highest BCUT2D eigenvalue weighted by atomic mass is 16.3. The van der Waals surface area contributed by atoms with Gasteiger partial charge in [-0.15, -0.1) is 0 Å². The maximum atomic E-state index is 12.2. The van der Waals surface area contributed by atoms with Gasteiger partial charge in [-0.05, 0) is 51.7 Å². The Balaban J connectivity index is 1.51. The number of carbonyl (C=O) groups is 1. The van der Waals surface area contributed by atoms with Gasteiger partial charge in [-0.2, -0.15) is 0 Å². The normalized spacial score (nSPS) is 25.8. The Hall–Kier alpha value is -2.07. The number of amidine groups is 2. The molecule has 0 aromatic heterocycles. The number of nitrogens with zero attached hydrogens (tertiary/aromatic N) is 4. The van der Waals surface area contributed by atoms with E-state index in [0.717, 1.165) is 25.8 Å². The average molecular weight is 446 g/mol. The zero-order valence-corrected chi connectivity index (χ0v) is 19.3. The third-order valence-corrected chi connectivity index (χ3v) is 6.06. The molecule has 5 N–H and O–H groups in total. The number of hydrogen-bond acceptors (Lipinski definition) is 8. The molecule has 3 rings (SSSR count). The second kappa shape index (κ2) is 12.2. The van der Waals surface area contributed by atoms with Crippen LogP contribution in [-0.4, -0.2) is 90.2 Å². The lowest BCUT2D eigenvalue weighted by atomic mass is 10.1. The van der Waals surface area contributed by atoms with Crippen molar-refractivity contribution < 1.29 is 9.90 Å². The third-order valence-electron chi connectivity index (χ3n) is 6.06. The summed E-state index contributed by atoms with van der Waals surface area (Å²) in [6.07, 6.45) is 9.58. The van der Waals surface area contributed by atoms with E-state index in [1.54, 1.807) is 0 Å². The molecule has 3 aliphatic rings. The average Bonchev–Trinajstić information content (AvgIpc) is 2.78. The van der Waals surface area contributed by atoms with Gasteiger partial charge in [0, 0.05) is 13.1 Å². The van der Waals surface area contributed by atoms with Gasteiger partial charge in [0.05, 0.1) is 6.54 Å². The summed E-state index contributed by atoms with van der Waals surface area (Å²) >= 11 is 0. The van der Waals surface area contributed by atoms with Crippen LogP contribution >= 0.6 is 0 Å². The first kappa shape index (κ1) is 24.6. The topological polar surface area (TPSA) is 119 Å². The fourth-order valence-electron chi connectivity index (χ4n) is 4.34. The molecule has 3 atom stereocenters. The van der Waals surface area contributed by atoms with Crippen LogP contribution in [0.4, 0.5) is 0 Å². The minimum absolute atomic E-state index is 0.101. The molecule has 0 saturated carbocycles. The van der Waals surface area contributed by atoms with Crippen LogP contribution in [0.2, 0.25) is 0 Å². The smallest absolute Gasteiger partial charge is 0.234 e. The Morgan fingerprint density at radius 3 is 2.91 bits per heavy atom. The summed E-state index contributed by atoms with van der Waals surface area (Å²) in [6.45, 7) is 11.1. The first-order chi connectivity index (χ1) is 15.5. The Labute approximate surface area is 191 Å². The summed E-state index contributed by atoms with van der Waals surface area (Å²) in [5.41, 5.74) is 7.39. The van der Waals surface area contributed by atoms with Crippen LogP contribution in [0.3, 0.4) is 0 Å². The van der Waals surface area contributed by atoms with E-state index in [4.69, 9.17) is 5.73 Å². The van der Waals surface area contributed by atoms with Crippen molar-refractivity contribution in [2.75, 3.05) is 39.3 Å². The number of likely N-dealkylation sites (tertiary alicyclic amines) is 1. The van der Waals surface area contributed by atoms with Gasteiger partial charge in [0.15, 0.2) is 12.1 Å². The fraction of sp³-hybridized carbons (Fsp3) is 0.696. The summed E-state index contributed by atoms with van der Waals surface area (Å²) in [4.78, 5) is 25.5. The Morgan fingerprint density at radius 2 is 2.16 bits per heavy atom. The standard InChI is InChI=1S/C23H39N7O2/c1-3-11-25-23(32)21-27-20(24)19-22(28-21)30(16-18(31)26-19)14-9-4-6-10-17(2)15-29-12-7-5-8-13-29/h4,9,19,22-23,25,32H,2-3,5-8,10-16H2,1H3,(H,26,31)(H2,24,27,28)/b9-4+. The van der Waals surface area contributed by atoms with Crippen molar-refractivity contribution in [1.29, 1.82) is 0 Å². The summed E-state index contributed by atoms with van der Waals surface area (Å²) in [6, 6.07) is -0.476. The van der Waals surface area contributed by atoms with Gasteiger partial charge in [-0.25, -0.2) is 9.98 Å². The number of rotatable bonds is 11. The molecule has 2 saturated heterocycles. The minimum Gasteiger partial charge on any atom is -0.385 e.